The Labute approximate surface area is 93.4 Å². The van der Waals surface area contributed by atoms with Crippen molar-refractivity contribution in [1.29, 1.82) is 0 Å². The molecule has 2 heteroatoms. The van der Waals surface area contributed by atoms with E-state index in [1.807, 2.05) is 0 Å². The average Bonchev–Trinajstić information content (AvgIpc) is 2.24. The van der Waals surface area contributed by atoms with E-state index < -0.39 is 0 Å². The molecule has 1 aliphatic heterocycles. The van der Waals surface area contributed by atoms with Crippen molar-refractivity contribution >= 4 is 5.78 Å². The van der Waals surface area contributed by atoms with Gasteiger partial charge in [-0.1, -0.05) is 25.7 Å². The molecule has 0 aromatic heterocycles. The summed E-state index contributed by atoms with van der Waals surface area (Å²) < 4.78 is 5.52. The normalized spacial score (nSPS) is 23.3. The van der Waals surface area contributed by atoms with Gasteiger partial charge < -0.3 is 4.74 Å². The van der Waals surface area contributed by atoms with Crippen molar-refractivity contribution in [2.75, 3.05) is 13.2 Å². The first kappa shape index (κ1) is 12.7. The van der Waals surface area contributed by atoms with Gasteiger partial charge in [-0.2, -0.15) is 0 Å². The lowest BCUT2D eigenvalue weighted by atomic mass is 10.0. The molecule has 0 spiro atoms. The van der Waals surface area contributed by atoms with Crippen LogP contribution in [0.5, 0.6) is 0 Å². The molecule has 1 rings (SSSR count). The average molecular weight is 212 g/mol. The summed E-state index contributed by atoms with van der Waals surface area (Å²) in [6.45, 7) is 1.81. The van der Waals surface area contributed by atoms with Crippen LogP contribution >= 0.6 is 0 Å². The molecule has 0 radical (unpaired) electrons. The molecule has 0 aromatic carbocycles. The van der Waals surface area contributed by atoms with E-state index in [2.05, 4.69) is 0 Å². The maximum atomic E-state index is 11.4. The lowest BCUT2D eigenvalue weighted by Gasteiger charge is -2.06. The fraction of sp³-hybridized carbons (Fsp3) is 0.923. The third-order valence-corrected chi connectivity index (χ3v) is 2.99. The zero-order valence-corrected chi connectivity index (χ0v) is 9.80. The SMILES string of the molecule is O=C1CCCCCCCOCCCCC1. The molecule has 15 heavy (non-hydrogen) atoms. The molecule has 0 amide bonds. The van der Waals surface area contributed by atoms with Crippen molar-refractivity contribution in [3.05, 3.63) is 0 Å². The van der Waals surface area contributed by atoms with Gasteiger partial charge in [-0.3, -0.25) is 4.79 Å². The second-order valence-corrected chi connectivity index (χ2v) is 4.48. The number of ether oxygens (including phenoxy) is 1. The highest BCUT2D eigenvalue weighted by molar-refractivity contribution is 5.78. The fourth-order valence-electron chi connectivity index (χ4n) is 1.99. The van der Waals surface area contributed by atoms with Crippen LogP contribution in [0.15, 0.2) is 0 Å². The van der Waals surface area contributed by atoms with Crippen LogP contribution in [0, 0.1) is 0 Å². The Morgan fingerprint density at radius 1 is 0.667 bits per heavy atom. The number of ketones is 1. The van der Waals surface area contributed by atoms with Crippen molar-refractivity contribution in [2.45, 2.75) is 64.2 Å². The highest BCUT2D eigenvalue weighted by atomic mass is 16.5. The number of Topliss-reactive ketones (excluding diaryl/α,β-unsaturated/α-hetero) is 1. The first-order chi connectivity index (χ1) is 7.39. The summed E-state index contributed by atoms with van der Waals surface area (Å²) in [6, 6.07) is 0. The van der Waals surface area contributed by atoms with E-state index >= 15 is 0 Å². The lowest BCUT2D eigenvalue weighted by Crippen LogP contribution is -2.01. The topological polar surface area (TPSA) is 26.3 Å². The fourth-order valence-corrected chi connectivity index (χ4v) is 1.99. The molecule has 1 saturated heterocycles. The molecular formula is C13H24O2. The van der Waals surface area contributed by atoms with Crippen LogP contribution in [0.3, 0.4) is 0 Å². The Hall–Kier alpha value is -0.370. The number of hydrogen-bond acceptors (Lipinski definition) is 2. The maximum absolute atomic E-state index is 11.4. The quantitative estimate of drug-likeness (QED) is 0.614. The molecule has 1 fully saturated rings. The Bertz CT molecular complexity index is 150. The summed E-state index contributed by atoms with van der Waals surface area (Å²) in [5.74, 6) is 0.466. The van der Waals surface area contributed by atoms with Gasteiger partial charge in [-0.15, -0.1) is 0 Å². The molecule has 0 N–H and O–H groups in total. The van der Waals surface area contributed by atoms with E-state index in [1.165, 1.54) is 25.7 Å². The van der Waals surface area contributed by atoms with Gasteiger partial charge in [0.25, 0.3) is 0 Å². The van der Waals surface area contributed by atoms with Gasteiger partial charge in [0.2, 0.25) is 0 Å². The van der Waals surface area contributed by atoms with Crippen LogP contribution in [-0.2, 0) is 9.53 Å². The van der Waals surface area contributed by atoms with Crippen LogP contribution in [0.25, 0.3) is 0 Å². The maximum Gasteiger partial charge on any atom is 0.132 e. The predicted octanol–water partition coefficient (Wildman–Crippen LogP) is 3.49. The molecule has 2 nitrogen and oxygen atoms in total. The van der Waals surface area contributed by atoms with Gasteiger partial charge in [0.1, 0.15) is 5.78 Å². The van der Waals surface area contributed by atoms with E-state index in [0.29, 0.717) is 5.78 Å². The number of carbonyl (C=O) groups is 1. The second kappa shape index (κ2) is 8.90. The molecule has 0 aliphatic carbocycles. The first-order valence-electron chi connectivity index (χ1n) is 6.49. The van der Waals surface area contributed by atoms with Crippen LogP contribution in [-0.4, -0.2) is 19.0 Å². The Balaban J connectivity index is 2.13. The van der Waals surface area contributed by atoms with E-state index in [4.69, 9.17) is 4.74 Å². The Morgan fingerprint density at radius 3 is 1.80 bits per heavy atom. The zero-order chi connectivity index (χ0) is 10.8. The zero-order valence-electron chi connectivity index (χ0n) is 9.80. The second-order valence-electron chi connectivity index (χ2n) is 4.48. The van der Waals surface area contributed by atoms with Gasteiger partial charge in [0.15, 0.2) is 0 Å². The van der Waals surface area contributed by atoms with Crippen LogP contribution in [0.4, 0.5) is 0 Å². The van der Waals surface area contributed by atoms with E-state index in [9.17, 15) is 4.79 Å². The van der Waals surface area contributed by atoms with Gasteiger partial charge in [0, 0.05) is 26.1 Å². The Kier molecular flexibility index (Phi) is 7.53. The first-order valence-corrected chi connectivity index (χ1v) is 6.49. The van der Waals surface area contributed by atoms with Crippen LogP contribution in [0.2, 0.25) is 0 Å². The van der Waals surface area contributed by atoms with Crippen molar-refractivity contribution in [1.82, 2.24) is 0 Å². The minimum atomic E-state index is 0.466. The standard InChI is InChI=1S/C13H24O2/c14-13-9-5-2-1-3-7-11-15-12-8-4-6-10-13/h1-12H2. The number of carbonyl (C=O) groups excluding carboxylic acids is 1. The van der Waals surface area contributed by atoms with E-state index in [-0.39, 0.29) is 0 Å². The number of hydrogen-bond donors (Lipinski definition) is 0. The summed E-state index contributed by atoms with van der Waals surface area (Å²) in [6.07, 6.45) is 10.9. The van der Waals surface area contributed by atoms with E-state index in [1.54, 1.807) is 0 Å². The molecule has 0 bridgehead atoms. The smallest absolute Gasteiger partial charge is 0.132 e. The van der Waals surface area contributed by atoms with Crippen LogP contribution < -0.4 is 0 Å². The third-order valence-electron chi connectivity index (χ3n) is 2.99. The van der Waals surface area contributed by atoms with Gasteiger partial charge >= 0.3 is 0 Å². The molecule has 0 unspecified atom stereocenters. The van der Waals surface area contributed by atoms with Gasteiger partial charge in [-0.05, 0) is 25.7 Å². The molecule has 0 aromatic rings. The van der Waals surface area contributed by atoms with Crippen LogP contribution in [0.1, 0.15) is 64.2 Å². The van der Waals surface area contributed by atoms with Gasteiger partial charge in [-0.25, -0.2) is 0 Å². The lowest BCUT2D eigenvalue weighted by molar-refractivity contribution is -0.119. The Morgan fingerprint density at radius 2 is 1.13 bits per heavy atom. The summed E-state index contributed by atoms with van der Waals surface area (Å²) >= 11 is 0. The molecule has 0 saturated carbocycles. The summed E-state index contributed by atoms with van der Waals surface area (Å²) in [4.78, 5) is 11.4. The van der Waals surface area contributed by atoms with Crippen molar-refractivity contribution in [3.63, 3.8) is 0 Å². The summed E-state index contributed by atoms with van der Waals surface area (Å²) in [7, 11) is 0. The highest BCUT2D eigenvalue weighted by Crippen LogP contribution is 2.10. The van der Waals surface area contributed by atoms with Gasteiger partial charge in [0.05, 0.1) is 0 Å². The molecule has 1 heterocycles. The molecule has 1 aliphatic rings. The molecular weight excluding hydrogens is 188 g/mol. The van der Waals surface area contributed by atoms with E-state index in [0.717, 1.165) is 51.7 Å². The monoisotopic (exact) mass is 212 g/mol. The van der Waals surface area contributed by atoms with Crippen molar-refractivity contribution in [3.8, 4) is 0 Å². The summed E-state index contributed by atoms with van der Waals surface area (Å²) in [5, 5.41) is 0. The minimum absolute atomic E-state index is 0.466. The summed E-state index contributed by atoms with van der Waals surface area (Å²) in [5.41, 5.74) is 0. The minimum Gasteiger partial charge on any atom is -0.381 e. The third kappa shape index (κ3) is 7.55. The van der Waals surface area contributed by atoms with Crippen molar-refractivity contribution in [2.24, 2.45) is 0 Å². The molecule has 88 valence electrons. The predicted molar refractivity (Wildman–Crippen MR) is 62.0 cm³/mol. The number of rotatable bonds is 0. The largest absolute Gasteiger partial charge is 0.381 e. The highest BCUT2D eigenvalue weighted by Gasteiger charge is 2.02. The van der Waals surface area contributed by atoms with Crippen molar-refractivity contribution < 1.29 is 9.53 Å². The molecule has 0 atom stereocenters.